The number of hydrogen-bond acceptors (Lipinski definition) is 4. The Balaban J connectivity index is 0.00000288. The molecule has 0 aromatic heterocycles. The fourth-order valence-electron chi connectivity index (χ4n) is 3.68. The predicted octanol–water partition coefficient (Wildman–Crippen LogP) is 1.41. The van der Waals surface area contributed by atoms with E-state index in [0.717, 1.165) is 38.8 Å². The molecule has 1 aliphatic heterocycles. The fourth-order valence-corrected chi connectivity index (χ4v) is 3.68. The Morgan fingerprint density at radius 2 is 1.76 bits per heavy atom. The lowest BCUT2D eigenvalue weighted by Gasteiger charge is -2.42. The molecule has 1 saturated heterocycles. The minimum Gasteiger partial charge on any atom is -0.353 e. The molecule has 2 atom stereocenters. The van der Waals surface area contributed by atoms with Gasteiger partial charge in [-0.2, -0.15) is 0 Å². The summed E-state index contributed by atoms with van der Waals surface area (Å²) in [6, 6.07) is 0.166. The number of nitrogens with zero attached hydrogens (tertiary/aromatic N) is 2. The molecule has 8 heteroatoms. The maximum Gasteiger partial charge on any atom is 0.234 e. The van der Waals surface area contributed by atoms with Gasteiger partial charge in [0.25, 0.3) is 0 Å². The molecule has 6 nitrogen and oxygen atoms in total. The average molecular weight is 397 g/mol. The monoisotopic (exact) mass is 396 g/mol. The molecular formula is C17H34Cl2N4O2. The molecule has 2 rings (SSSR count). The number of nitrogens with two attached hydrogens (primary N) is 1. The van der Waals surface area contributed by atoms with Gasteiger partial charge in [-0.1, -0.05) is 12.8 Å². The van der Waals surface area contributed by atoms with Crippen molar-refractivity contribution in [1.82, 2.24) is 15.1 Å². The third kappa shape index (κ3) is 6.93. The highest BCUT2D eigenvalue weighted by Gasteiger charge is 2.40. The van der Waals surface area contributed by atoms with Crippen LogP contribution in [0.5, 0.6) is 0 Å². The van der Waals surface area contributed by atoms with E-state index in [2.05, 4.69) is 10.2 Å². The minimum atomic E-state index is -0.371. The van der Waals surface area contributed by atoms with Crippen LogP contribution in [-0.4, -0.2) is 65.9 Å². The Morgan fingerprint density at radius 3 is 2.28 bits per heavy atom. The summed E-state index contributed by atoms with van der Waals surface area (Å²) in [6.45, 7) is 9.25. The first-order chi connectivity index (χ1) is 10.8. The first-order valence-corrected chi connectivity index (χ1v) is 8.89. The second-order valence-electron chi connectivity index (χ2n) is 7.63. The summed E-state index contributed by atoms with van der Waals surface area (Å²) >= 11 is 0. The largest absolute Gasteiger partial charge is 0.353 e. The fraction of sp³-hybridized carbons (Fsp3) is 0.882. The molecule has 1 saturated carbocycles. The van der Waals surface area contributed by atoms with E-state index in [-0.39, 0.29) is 54.1 Å². The number of nitrogens with one attached hydrogen (secondary N) is 1. The van der Waals surface area contributed by atoms with Crippen LogP contribution in [0.25, 0.3) is 0 Å². The zero-order chi connectivity index (χ0) is 17.0. The van der Waals surface area contributed by atoms with E-state index in [1.165, 1.54) is 0 Å². The van der Waals surface area contributed by atoms with Crippen molar-refractivity contribution in [2.75, 3.05) is 32.7 Å². The van der Waals surface area contributed by atoms with Crippen LogP contribution in [0.3, 0.4) is 0 Å². The Morgan fingerprint density at radius 1 is 1.16 bits per heavy atom. The molecule has 148 valence electrons. The first-order valence-electron chi connectivity index (χ1n) is 8.89. The maximum atomic E-state index is 12.8. The highest BCUT2D eigenvalue weighted by atomic mass is 35.5. The van der Waals surface area contributed by atoms with Gasteiger partial charge in [0.2, 0.25) is 11.8 Å². The van der Waals surface area contributed by atoms with Crippen molar-refractivity contribution in [2.45, 2.75) is 58.0 Å². The van der Waals surface area contributed by atoms with Crippen molar-refractivity contribution in [3.05, 3.63) is 0 Å². The Labute approximate surface area is 164 Å². The van der Waals surface area contributed by atoms with Gasteiger partial charge in [-0.3, -0.25) is 14.5 Å². The van der Waals surface area contributed by atoms with Gasteiger partial charge in [-0.15, -0.1) is 24.8 Å². The molecule has 1 heterocycles. The molecule has 25 heavy (non-hydrogen) atoms. The molecule has 0 aromatic rings. The molecular weight excluding hydrogens is 363 g/mol. The number of amides is 2. The van der Waals surface area contributed by atoms with Gasteiger partial charge in [0.05, 0.1) is 12.5 Å². The quantitative estimate of drug-likeness (QED) is 0.752. The summed E-state index contributed by atoms with van der Waals surface area (Å²) in [7, 11) is 0. The van der Waals surface area contributed by atoms with Crippen LogP contribution in [-0.2, 0) is 9.59 Å². The van der Waals surface area contributed by atoms with Gasteiger partial charge in [-0.05, 0) is 33.6 Å². The van der Waals surface area contributed by atoms with Gasteiger partial charge in [-0.25, -0.2) is 0 Å². The smallest absolute Gasteiger partial charge is 0.234 e. The summed E-state index contributed by atoms with van der Waals surface area (Å²) in [5.74, 6) is 0.217. The van der Waals surface area contributed by atoms with E-state index in [9.17, 15) is 9.59 Å². The van der Waals surface area contributed by atoms with E-state index < -0.39 is 0 Å². The number of hydrogen-bond donors (Lipinski definition) is 2. The number of carbonyl (C=O) groups excluding carboxylic acids is 2. The Hall–Kier alpha value is -0.560. The van der Waals surface area contributed by atoms with Gasteiger partial charge in [0.15, 0.2) is 0 Å². The normalized spacial score (nSPS) is 27.2. The van der Waals surface area contributed by atoms with Gasteiger partial charge >= 0.3 is 0 Å². The van der Waals surface area contributed by atoms with Crippen molar-refractivity contribution in [3.8, 4) is 0 Å². The zero-order valence-electron chi connectivity index (χ0n) is 15.6. The summed E-state index contributed by atoms with van der Waals surface area (Å²) in [4.78, 5) is 28.7. The van der Waals surface area contributed by atoms with Crippen LogP contribution in [0.1, 0.15) is 46.5 Å². The van der Waals surface area contributed by atoms with Crippen molar-refractivity contribution < 1.29 is 9.59 Å². The van der Waals surface area contributed by atoms with Gasteiger partial charge < -0.3 is 16.0 Å². The molecule has 1 aliphatic carbocycles. The maximum absolute atomic E-state index is 12.8. The lowest BCUT2D eigenvalue weighted by atomic mass is 9.74. The number of halogens is 2. The third-order valence-corrected chi connectivity index (χ3v) is 5.05. The standard InChI is InChI=1S/C17H32N4O2.2ClH/c1-13(2)19-15(22)12-20-8-10-21(11-9-20)16(23)14-6-4-5-7-17(14,3)18;;/h13-14H,4-12,18H2,1-3H3,(H,19,22);2*1H. The van der Waals surface area contributed by atoms with Crippen LogP contribution >= 0.6 is 24.8 Å². The summed E-state index contributed by atoms with van der Waals surface area (Å²) in [6.07, 6.45) is 4.05. The summed E-state index contributed by atoms with van der Waals surface area (Å²) in [5.41, 5.74) is 5.99. The lowest BCUT2D eigenvalue weighted by Crippen LogP contribution is -2.57. The molecule has 0 aromatic carbocycles. The van der Waals surface area contributed by atoms with E-state index in [4.69, 9.17) is 5.73 Å². The topological polar surface area (TPSA) is 78.7 Å². The second kappa shape index (κ2) is 10.6. The molecule has 0 radical (unpaired) electrons. The molecule has 2 unspecified atom stereocenters. The van der Waals surface area contributed by atoms with Gasteiger partial charge in [0, 0.05) is 37.8 Å². The predicted molar refractivity (Wildman–Crippen MR) is 105 cm³/mol. The lowest BCUT2D eigenvalue weighted by molar-refractivity contribution is -0.140. The third-order valence-electron chi connectivity index (χ3n) is 5.05. The van der Waals surface area contributed by atoms with Gasteiger partial charge in [0.1, 0.15) is 0 Å². The molecule has 0 spiro atoms. The number of piperazine rings is 1. The Kier molecular flexibility index (Phi) is 10.3. The zero-order valence-corrected chi connectivity index (χ0v) is 17.3. The van der Waals surface area contributed by atoms with Crippen LogP contribution in [0.2, 0.25) is 0 Å². The average Bonchev–Trinajstić information content (AvgIpc) is 2.46. The SMILES string of the molecule is CC(C)NC(=O)CN1CCN(C(=O)C2CCCCC2(C)N)CC1.Cl.Cl. The number of rotatable bonds is 4. The minimum absolute atomic E-state index is 0. The molecule has 3 N–H and O–H groups in total. The second-order valence-corrected chi connectivity index (χ2v) is 7.63. The number of carbonyl (C=O) groups is 2. The van der Waals surface area contributed by atoms with E-state index in [1.54, 1.807) is 0 Å². The van der Waals surface area contributed by atoms with Crippen LogP contribution in [0, 0.1) is 5.92 Å². The van der Waals surface area contributed by atoms with Crippen LogP contribution in [0.15, 0.2) is 0 Å². The van der Waals surface area contributed by atoms with Crippen LogP contribution in [0.4, 0.5) is 0 Å². The summed E-state index contributed by atoms with van der Waals surface area (Å²) < 4.78 is 0. The Bertz CT molecular complexity index is 438. The van der Waals surface area contributed by atoms with Crippen molar-refractivity contribution >= 4 is 36.6 Å². The van der Waals surface area contributed by atoms with E-state index in [1.807, 2.05) is 25.7 Å². The van der Waals surface area contributed by atoms with E-state index >= 15 is 0 Å². The molecule has 0 bridgehead atoms. The highest BCUT2D eigenvalue weighted by Crippen LogP contribution is 2.33. The highest BCUT2D eigenvalue weighted by molar-refractivity contribution is 5.85. The van der Waals surface area contributed by atoms with Crippen molar-refractivity contribution in [2.24, 2.45) is 11.7 Å². The molecule has 2 amide bonds. The molecule has 2 fully saturated rings. The first kappa shape index (κ1) is 24.4. The van der Waals surface area contributed by atoms with Crippen LogP contribution < -0.4 is 11.1 Å². The van der Waals surface area contributed by atoms with Crippen molar-refractivity contribution in [1.29, 1.82) is 0 Å². The molecule has 2 aliphatic rings. The summed E-state index contributed by atoms with van der Waals surface area (Å²) in [5, 5.41) is 2.91. The van der Waals surface area contributed by atoms with Crippen molar-refractivity contribution in [3.63, 3.8) is 0 Å². The van der Waals surface area contributed by atoms with E-state index in [0.29, 0.717) is 19.6 Å².